The van der Waals surface area contributed by atoms with Gasteiger partial charge in [0.25, 0.3) is 0 Å². The summed E-state index contributed by atoms with van der Waals surface area (Å²) in [6.07, 6.45) is 2.04. The largest absolute Gasteiger partial charge is 0.361 e. The Labute approximate surface area is 88.2 Å². The average Bonchev–Trinajstić information content (AvgIpc) is 2.02. The number of nitrogens with one attached hydrogen (secondary N) is 1. The smallest absolute Gasteiger partial charge is 0.174 e. The first kappa shape index (κ1) is 13.0. The average molecular weight is 194 g/mol. The van der Waals surface area contributed by atoms with Crippen LogP contribution in [0.2, 0.25) is 0 Å². The van der Waals surface area contributed by atoms with Crippen LogP contribution in [0.15, 0.2) is 4.99 Å². The molecular formula is C12H22N2. The molecule has 0 aliphatic rings. The Balaban J connectivity index is 4.35. The van der Waals surface area contributed by atoms with Gasteiger partial charge >= 0.3 is 0 Å². The summed E-state index contributed by atoms with van der Waals surface area (Å²) in [7, 11) is 0. The van der Waals surface area contributed by atoms with Gasteiger partial charge in [-0.1, -0.05) is 12.8 Å². The second-order valence-corrected chi connectivity index (χ2v) is 3.92. The summed E-state index contributed by atoms with van der Waals surface area (Å²) in [6.45, 7) is 10.4. The lowest BCUT2D eigenvalue weighted by Crippen LogP contribution is -2.30. The van der Waals surface area contributed by atoms with Gasteiger partial charge in [-0.25, -0.2) is 0 Å². The Morgan fingerprint density at radius 3 is 2.36 bits per heavy atom. The van der Waals surface area contributed by atoms with E-state index in [1.54, 1.807) is 0 Å². The van der Waals surface area contributed by atoms with Crippen LogP contribution in [0, 0.1) is 11.8 Å². The van der Waals surface area contributed by atoms with Crippen molar-refractivity contribution in [2.24, 2.45) is 4.99 Å². The number of unbranched alkanes of at least 4 members (excludes halogenated alkanes) is 1. The van der Waals surface area contributed by atoms with Gasteiger partial charge in [-0.15, -0.1) is 0 Å². The summed E-state index contributed by atoms with van der Waals surface area (Å²) in [5, 5.41) is 3.25. The lowest BCUT2D eigenvalue weighted by atomic mass is 10.3. The van der Waals surface area contributed by atoms with Crippen LogP contribution in [-0.4, -0.2) is 17.9 Å². The third-order valence-electron chi connectivity index (χ3n) is 1.39. The second-order valence-electron chi connectivity index (χ2n) is 3.92. The van der Waals surface area contributed by atoms with E-state index in [1.165, 1.54) is 0 Å². The summed E-state index contributed by atoms with van der Waals surface area (Å²) in [6, 6.07) is 0.690. The topological polar surface area (TPSA) is 24.4 Å². The molecule has 0 saturated carbocycles. The van der Waals surface area contributed by atoms with Crippen LogP contribution in [-0.2, 0) is 0 Å². The fourth-order valence-corrected chi connectivity index (χ4v) is 0.908. The molecule has 0 fully saturated rings. The van der Waals surface area contributed by atoms with Gasteiger partial charge < -0.3 is 5.32 Å². The number of nitrogens with zero attached hydrogens (tertiary/aromatic N) is 1. The maximum absolute atomic E-state index is 4.42. The Morgan fingerprint density at radius 2 is 1.93 bits per heavy atom. The van der Waals surface area contributed by atoms with Crippen molar-refractivity contribution in [3.05, 3.63) is 0 Å². The molecule has 0 aromatic heterocycles. The fourth-order valence-electron chi connectivity index (χ4n) is 0.908. The maximum atomic E-state index is 4.42. The van der Waals surface area contributed by atoms with Gasteiger partial charge in [0.1, 0.15) is 0 Å². The van der Waals surface area contributed by atoms with E-state index in [4.69, 9.17) is 0 Å². The molecule has 0 aromatic rings. The first-order chi connectivity index (χ1) is 6.56. The van der Waals surface area contributed by atoms with Gasteiger partial charge in [0.2, 0.25) is 0 Å². The van der Waals surface area contributed by atoms with E-state index in [2.05, 4.69) is 56.8 Å². The highest BCUT2D eigenvalue weighted by Gasteiger charge is 1.98. The highest BCUT2D eigenvalue weighted by Crippen LogP contribution is 1.89. The summed E-state index contributed by atoms with van der Waals surface area (Å²) in [5.74, 6) is 7.00. The van der Waals surface area contributed by atoms with Crippen molar-refractivity contribution in [2.75, 3.05) is 0 Å². The van der Waals surface area contributed by atoms with Crippen LogP contribution in [0.25, 0.3) is 0 Å². The number of aliphatic imine (C=N–C) groups is 1. The van der Waals surface area contributed by atoms with Gasteiger partial charge in [0.05, 0.1) is 0 Å². The van der Waals surface area contributed by atoms with Gasteiger partial charge in [0.15, 0.2) is 5.84 Å². The lowest BCUT2D eigenvalue weighted by molar-refractivity contribution is 0.723. The van der Waals surface area contributed by atoms with Crippen LogP contribution in [0.5, 0.6) is 0 Å². The SMILES string of the molecule is CCCC#CC(=NC(C)C)NC(C)C. The van der Waals surface area contributed by atoms with E-state index >= 15 is 0 Å². The van der Waals surface area contributed by atoms with Crippen LogP contribution in [0.4, 0.5) is 0 Å². The molecule has 0 spiro atoms. The molecule has 0 aliphatic heterocycles. The monoisotopic (exact) mass is 194 g/mol. The van der Waals surface area contributed by atoms with Crippen LogP contribution >= 0.6 is 0 Å². The molecular weight excluding hydrogens is 172 g/mol. The van der Waals surface area contributed by atoms with Crippen molar-refractivity contribution in [1.82, 2.24) is 5.32 Å². The maximum Gasteiger partial charge on any atom is 0.174 e. The van der Waals surface area contributed by atoms with Crippen molar-refractivity contribution in [2.45, 2.75) is 59.5 Å². The lowest BCUT2D eigenvalue weighted by Gasteiger charge is -2.09. The molecule has 0 amide bonds. The van der Waals surface area contributed by atoms with Crippen molar-refractivity contribution in [3.8, 4) is 11.8 Å². The van der Waals surface area contributed by atoms with Crippen LogP contribution in [0.3, 0.4) is 0 Å². The molecule has 80 valence electrons. The molecule has 2 heteroatoms. The van der Waals surface area contributed by atoms with E-state index < -0.39 is 0 Å². The molecule has 0 radical (unpaired) electrons. The van der Waals surface area contributed by atoms with Gasteiger partial charge in [-0.3, -0.25) is 4.99 Å². The van der Waals surface area contributed by atoms with E-state index in [1.807, 2.05) is 0 Å². The molecule has 0 aliphatic carbocycles. The Kier molecular flexibility index (Phi) is 6.92. The molecule has 0 aromatic carbocycles. The Morgan fingerprint density at radius 1 is 1.29 bits per heavy atom. The van der Waals surface area contributed by atoms with Gasteiger partial charge in [-0.05, 0) is 40.0 Å². The highest BCUT2D eigenvalue weighted by atomic mass is 15.0. The summed E-state index contributed by atoms with van der Waals surface area (Å²) < 4.78 is 0. The zero-order chi connectivity index (χ0) is 11.0. The third kappa shape index (κ3) is 7.67. The number of rotatable bonds is 3. The van der Waals surface area contributed by atoms with Crippen LogP contribution in [0.1, 0.15) is 47.5 Å². The van der Waals surface area contributed by atoms with E-state index in [0.29, 0.717) is 12.1 Å². The number of amidine groups is 1. The molecule has 14 heavy (non-hydrogen) atoms. The fraction of sp³-hybridized carbons (Fsp3) is 0.750. The molecule has 2 nitrogen and oxygen atoms in total. The zero-order valence-electron chi connectivity index (χ0n) is 10.0. The summed E-state index contributed by atoms with van der Waals surface area (Å²) >= 11 is 0. The number of hydrogen-bond acceptors (Lipinski definition) is 1. The van der Waals surface area contributed by atoms with Crippen molar-refractivity contribution in [1.29, 1.82) is 0 Å². The molecule has 0 bridgehead atoms. The highest BCUT2D eigenvalue weighted by molar-refractivity contribution is 5.98. The zero-order valence-corrected chi connectivity index (χ0v) is 10.0. The first-order valence-corrected chi connectivity index (χ1v) is 5.39. The van der Waals surface area contributed by atoms with Gasteiger partial charge in [0, 0.05) is 18.5 Å². The molecule has 1 N–H and O–H groups in total. The minimum atomic E-state index is 0.298. The van der Waals surface area contributed by atoms with Crippen molar-refractivity contribution < 1.29 is 0 Å². The standard InChI is InChI=1S/C12H22N2/c1-6-7-8-9-12(13-10(2)3)14-11(4)5/h10-11H,6-7H2,1-5H3,(H,13,14). The van der Waals surface area contributed by atoms with E-state index in [9.17, 15) is 0 Å². The second kappa shape index (κ2) is 7.44. The van der Waals surface area contributed by atoms with Crippen LogP contribution < -0.4 is 5.32 Å². The molecule has 0 atom stereocenters. The summed E-state index contributed by atoms with van der Waals surface area (Å²) in [4.78, 5) is 4.42. The minimum Gasteiger partial charge on any atom is -0.361 e. The quantitative estimate of drug-likeness (QED) is 0.417. The number of hydrogen-bond donors (Lipinski definition) is 1. The third-order valence-corrected chi connectivity index (χ3v) is 1.39. The molecule has 0 rings (SSSR count). The predicted molar refractivity (Wildman–Crippen MR) is 63.5 cm³/mol. The van der Waals surface area contributed by atoms with Gasteiger partial charge in [-0.2, -0.15) is 0 Å². The van der Waals surface area contributed by atoms with E-state index in [-0.39, 0.29) is 0 Å². The first-order valence-electron chi connectivity index (χ1n) is 5.39. The Bertz CT molecular complexity index is 228. The van der Waals surface area contributed by atoms with Crippen molar-refractivity contribution >= 4 is 5.84 Å². The Hall–Kier alpha value is -0.970. The minimum absolute atomic E-state index is 0.298. The molecule has 0 saturated heterocycles. The van der Waals surface area contributed by atoms with E-state index in [0.717, 1.165) is 18.7 Å². The predicted octanol–water partition coefficient (Wildman–Crippen LogP) is 2.59. The normalized spacial score (nSPS) is 11.5. The van der Waals surface area contributed by atoms with Crippen molar-refractivity contribution in [3.63, 3.8) is 0 Å². The summed E-state index contributed by atoms with van der Waals surface area (Å²) in [5.41, 5.74) is 0. The molecule has 0 unspecified atom stereocenters. The molecule has 0 heterocycles.